The summed E-state index contributed by atoms with van der Waals surface area (Å²) in [5, 5.41) is 0. The second-order valence-corrected chi connectivity index (χ2v) is 6.03. The van der Waals surface area contributed by atoms with E-state index in [1.807, 2.05) is 30.3 Å². The molecule has 1 heterocycles. The lowest BCUT2D eigenvalue weighted by Crippen LogP contribution is -2.14. The molecule has 0 fully saturated rings. The third kappa shape index (κ3) is 3.09. The van der Waals surface area contributed by atoms with E-state index in [0.29, 0.717) is 0 Å². The highest BCUT2D eigenvalue weighted by molar-refractivity contribution is 5.74. The zero-order chi connectivity index (χ0) is 17.1. The van der Waals surface area contributed by atoms with Crippen molar-refractivity contribution in [1.82, 2.24) is 0 Å². The molecule has 0 unspecified atom stereocenters. The molecule has 2 nitrogen and oxygen atoms in total. The molecule has 0 N–H and O–H groups in total. The molecule has 0 aromatic heterocycles. The van der Waals surface area contributed by atoms with Gasteiger partial charge < -0.3 is 9.64 Å². The molecule has 4 rings (SSSR count). The maximum Gasteiger partial charge on any atom is 0.118 e. The highest BCUT2D eigenvalue weighted by Gasteiger charge is 2.21. The SMILES string of the molecule is COc1ccc(C#Cc2ccccc2N2CCc3ccccc32)cc1. The fourth-order valence-electron chi connectivity index (χ4n) is 3.22. The maximum absolute atomic E-state index is 5.20. The van der Waals surface area contributed by atoms with E-state index in [-0.39, 0.29) is 0 Å². The van der Waals surface area contributed by atoms with Crippen LogP contribution in [0.1, 0.15) is 16.7 Å². The topological polar surface area (TPSA) is 12.5 Å². The van der Waals surface area contributed by atoms with Crippen molar-refractivity contribution in [2.45, 2.75) is 6.42 Å². The molecule has 0 radical (unpaired) electrons. The molecule has 122 valence electrons. The molecular formula is C23H19NO. The molecule has 25 heavy (non-hydrogen) atoms. The summed E-state index contributed by atoms with van der Waals surface area (Å²) in [4.78, 5) is 2.37. The maximum atomic E-state index is 5.20. The quantitative estimate of drug-likeness (QED) is 0.628. The molecular weight excluding hydrogens is 306 g/mol. The van der Waals surface area contributed by atoms with Crippen LogP contribution in [0.5, 0.6) is 5.75 Å². The van der Waals surface area contributed by atoms with Gasteiger partial charge in [-0.2, -0.15) is 0 Å². The molecule has 0 saturated carbocycles. The van der Waals surface area contributed by atoms with E-state index >= 15 is 0 Å². The van der Waals surface area contributed by atoms with Crippen molar-refractivity contribution < 1.29 is 4.74 Å². The van der Waals surface area contributed by atoms with Crippen molar-refractivity contribution in [1.29, 1.82) is 0 Å². The van der Waals surface area contributed by atoms with E-state index in [1.165, 1.54) is 16.9 Å². The summed E-state index contributed by atoms with van der Waals surface area (Å²) < 4.78 is 5.20. The average molecular weight is 325 g/mol. The van der Waals surface area contributed by atoms with Gasteiger partial charge in [0.15, 0.2) is 0 Å². The second-order valence-electron chi connectivity index (χ2n) is 6.03. The molecule has 0 spiro atoms. The lowest BCUT2D eigenvalue weighted by atomic mass is 10.1. The van der Waals surface area contributed by atoms with E-state index in [0.717, 1.165) is 29.8 Å². The Morgan fingerprint density at radius 3 is 2.32 bits per heavy atom. The monoisotopic (exact) mass is 325 g/mol. The minimum absolute atomic E-state index is 0.847. The van der Waals surface area contributed by atoms with Crippen molar-refractivity contribution >= 4 is 11.4 Å². The van der Waals surface area contributed by atoms with Crippen LogP contribution in [0, 0.1) is 11.8 Å². The molecule has 1 aliphatic rings. The van der Waals surface area contributed by atoms with Crippen LogP contribution in [0.25, 0.3) is 0 Å². The van der Waals surface area contributed by atoms with Gasteiger partial charge in [0.1, 0.15) is 5.75 Å². The molecule has 0 aliphatic carbocycles. The predicted molar refractivity (Wildman–Crippen MR) is 103 cm³/mol. The molecule has 0 bridgehead atoms. The second kappa shape index (κ2) is 6.75. The number of benzene rings is 3. The van der Waals surface area contributed by atoms with E-state index in [9.17, 15) is 0 Å². The fourth-order valence-corrected chi connectivity index (χ4v) is 3.22. The summed E-state index contributed by atoms with van der Waals surface area (Å²) in [5.74, 6) is 7.46. The standard InChI is InChI=1S/C23H19NO/c1-25-21-14-11-18(12-15-21)10-13-19-6-2-4-8-22(19)24-17-16-20-7-3-5-9-23(20)24/h2-9,11-12,14-15H,16-17H2,1H3. The summed E-state index contributed by atoms with van der Waals surface area (Å²) in [6.07, 6.45) is 1.08. The summed E-state index contributed by atoms with van der Waals surface area (Å²) in [5.41, 5.74) is 5.91. The number of anilines is 2. The Morgan fingerprint density at radius 1 is 0.800 bits per heavy atom. The average Bonchev–Trinajstić information content (AvgIpc) is 3.11. The Balaban J connectivity index is 1.68. The van der Waals surface area contributed by atoms with Gasteiger partial charge in [0.05, 0.1) is 12.8 Å². The number of fused-ring (bicyclic) bond motifs is 1. The van der Waals surface area contributed by atoms with Gasteiger partial charge in [0.2, 0.25) is 0 Å². The van der Waals surface area contributed by atoms with Crippen LogP contribution in [0.15, 0.2) is 72.8 Å². The van der Waals surface area contributed by atoms with Crippen LogP contribution in [-0.4, -0.2) is 13.7 Å². The normalized spacial score (nSPS) is 12.3. The number of hydrogen-bond donors (Lipinski definition) is 0. The van der Waals surface area contributed by atoms with Gasteiger partial charge >= 0.3 is 0 Å². The first-order chi connectivity index (χ1) is 12.3. The Labute approximate surface area is 148 Å². The molecule has 0 saturated heterocycles. The number of hydrogen-bond acceptors (Lipinski definition) is 2. The number of nitrogens with zero attached hydrogens (tertiary/aromatic N) is 1. The van der Waals surface area contributed by atoms with Crippen molar-refractivity contribution in [2.24, 2.45) is 0 Å². The van der Waals surface area contributed by atoms with Gasteiger partial charge in [0.25, 0.3) is 0 Å². The first-order valence-electron chi connectivity index (χ1n) is 8.46. The Kier molecular flexibility index (Phi) is 4.14. The fraction of sp³-hybridized carbons (Fsp3) is 0.130. The van der Waals surface area contributed by atoms with Gasteiger partial charge in [-0.1, -0.05) is 42.2 Å². The molecule has 3 aromatic rings. The Hall–Kier alpha value is -3.18. The summed E-state index contributed by atoms with van der Waals surface area (Å²) >= 11 is 0. The molecule has 2 heteroatoms. The first-order valence-corrected chi connectivity index (χ1v) is 8.46. The van der Waals surface area contributed by atoms with Crippen LogP contribution in [0.4, 0.5) is 11.4 Å². The van der Waals surface area contributed by atoms with Crippen molar-refractivity contribution in [3.8, 4) is 17.6 Å². The zero-order valence-electron chi connectivity index (χ0n) is 14.2. The number of ether oxygens (including phenoxy) is 1. The minimum atomic E-state index is 0.847. The van der Waals surface area contributed by atoms with Crippen molar-refractivity contribution in [2.75, 3.05) is 18.6 Å². The predicted octanol–water partition coefficient (Wildman–Crippen LogP) is 4.79. The first kappa shape index (κ1) is 15.4. The third-order valence-electron chi connectivity index (χ3n) is 4.51. The summed E-state index contributed by atoms with van der Waals surface area (Å²) in [7, 11) is 1.67. The van der Waals surface area contributed by atoms with Crippen LogP contribution in [-0.2, 0) is 6.42 Å². The van der Waals surface area contributed by atoms with Gasteiger partial charge in [-0.05, 0) is 54.4 Å². The summed E-state index contributed by atoms with van der Waals surface area (Å²) in [6.45, 7) is 1.00. The third-order valence-corrected chi connectivity index (χ3v) is 4.51. The van der Waals surface area contributed by atoms with E-state index in [4.69, 9.17) is 4.74 Å². The zero-order valence-corrected chi connectivity index (χ0v) is 14.2. The van der Waals surface area contributed by atoms with Crippen LogP contribution >= 0.6 is 0 Å². The minimum Gasteiger partial charge on any atom is -0.497 e. The van der Waals surface area contributed by atoms with E-state index in [2.05, 4.69) is 59.2 Å². The van der Waals surface area contributed by atoms with Crippen molar-refractivity contribution in [3.63, 3.8) is 0 Å². The molecule has 1 aliphatic heterocycles. The molecule has 0 atom stereocenters. The molecule has 0 amide bonds. The highest BCUT2D eigenvalue weighted by atomic mass is 16.5. The Bertz CT molecular complexity index is 948. The molecule has 3 aromatic carbocycles. The van der Waals surface area contributed by atoms with Gasteiger partial charge in [0, 0.05) is 23.4 Å². The van der Waals surface area contributed by atoms with Crippen LogP contribution < -0.4 is 9.64 Å². The van der Waals surface area contributed by atoms with Gasteiger partial charge in [-0.3, -0.25) is 0 Å². The van der Waals surface area contributed by atoms with Gasteiger partial charge in [-0.25, -0.2) is 0 Å². The highest BCUT2D eigenvalue weighted by Crippen LogP contribution is 2.35. The number of rotatable bonds is 2. The van der Waals surface area contributed by atoms with Crippen molar-refractivity contribution in [3.05, 3.63) is 89.5 Å². The number of methoxy groups -OCH3 is 1. The largest absolute Gasteiger partial charge is 0.497 e. The van der Waals surface area contributed by atoms with Crippen LogP contribution in [0.2, 0.25) is 0 Å². The lowest BCUT2D eigenvalue weighted by Gasteiger charge is -2.21. The van der Waals surface area contributed by atoms with Gasteiger partial charge in [-0.15, -0.1) is 0 Å². The van der Waals surface area contributed by atoms with E-state index in [1.54, 1.807) is 7.11 Å². The number of para-hydroxylation sites is 2. The smallest absolute Gasteiger partial charge is 0.118 e. The summed E-state index contributed by atoms with van der Waals surface area (Å²) in [6, 6.07) is 24.8. The Morgan fingerprint density at radius 2 is 1.52 bits per heavy atom. The van der Waals surface area contributed by atoms with Crippen LogP contribution in [0.3, 0.4) is 0 Å². The van der Waals surface area contributed by atoms with E-state index < -0.39 is 0 Å². The lowest BCUT2D eigenvalue weighted by molar-refractivity contribution is 0.415.